The van der Waals surface area contributed by atoms with Gasteiger partial charge in [0.25, 0.3) is 0 Å². The van der Waals surface area contributed by atoms with Gasteiger partial charge in [0.2, 0.25) is 0 Å². The van der Waals surface area contributed by atoms with Crippen molar-refractivity contribution in [3.63, 3.8) is 0 Å². The summed E-state index contributed by atoms with van der Waals surface area (Å²) in [6.07, 6.45) is 0. The summed E-state index contributed by atoms with van der Waals surface area (Å²) in [5.74, 6) is 0. The maximum atomic E-state index is 7.16. The van der Waals surface area contributed by atoms with Crippen molar-refractivity contribution in [3.05, 3.63) is 473 Å². The van der Waals surface area contributed by atoms with E-state index in [1.165, 1.54) is 197 Å². The third kappa shape index (κ3) is 11.5. The molecule has 132 heavy (non-hydrogen) atoms. The Hall–Kier alpha value is -17.4. The van der Waals surface area contributed by atoms with Crippen molar-refractivity contribution in [1.82, 2.24) is 9.13 Å². The van der Waals surface area contributed by atoms with Gasteiger partial charge in [-0.15, -0.1) is 0 Å². The van der Waals surface area contributed by atoms with E-state index in [2.05, 4.69) is 482 Å². The van der Waals surface area contributed by atoms with Crippen LogP contribution in [-0.4, -0.2) is 9.13 Å². The molecule has 0 bridgehead atoms. The highest BCUT2D eigenvalue weighted by atomic mass is 16.3. The van der Waals surface area contributed by atoms with E-state index < -0.39 is 0 Å². The average Bonchev–Trinajstić information content (AvgIpc) is 1.50. The molecule has 0 aliphatic rings. The lowest BCUT2D eigenvalue weighted by molar-refractivity contribution is 0.670. The lowest BCUT2D eigenvalue weighted by atomic mass is 9.84. The van der Waals surface area contributed by atoms with Gasteiger partial charge in [-0.1, -0.05) is 394 Å². The molecule has 4 heterocycles. The van der Waals surface area contributed by atoms with Crippen molar-refractivity contribution in [3.8, 4) is 100 Å². The Labute approximate surface area is 759 Å². The van der Waals surface area contributed by atoms with Crippen molar-refractivity contribution in [2.75, 3.05) is 0 Å². The summed E-state index contributed by atoms with van der Waals surface area (Å²) in [5, 5.41) is 28.9. The minimum atomic E-state index is 0.875. The standard InChI is InChI=1S/2C64H39NO/c1-3-19-40(20-4-1)59-44-23-7-13-29-50(44)62(51-30-14-8-24-45(51)59)55-34-17-32-52-43-38-37-41(39-58(43)66-64(52)55)60-46-25-9-11-27-48(46)61(49-28-12-10-26-47(49)60)54-33-18-36-57-63(54)53-31-15-16-35-56(53)65(57)42-21-5-2-6-22-42;1-3-18-40(19-4-1)60-50-27-11-13-29-52(50)63(53-30-14-12-28-51(53)60)55-32-17-31-54-45-36-34-42(39-59(45)66-64(54)55)62-48-25-9-7-23-46(48)61(47-24-8-10-26-49(47)62)41-35-37-58-56(38-41)44-22-15-16-33-57(44)65(58)43-20-5-2-6-21-43/h2*1-39H. The van der Waals surface area contributed by atoms with Crippen LogP contribution < -0.4 is 0 Å². The van der Waals surface area contributed by atoms with Gasteiger partial charge in [0.05, 0.1) is 22.1 Å². The van der Waals surface area contributed by atoms with E-state index in [9.17, 15) is 0 Å². The van der Waals surface area contributed by atoms with Crippen molar-refractivity contribution in [2.24, 2.45) is 0 Å². The first-order valence-electron chi connectivity index (χ1n) is 45.5. The van der Waals surface area contributed by atoms with Gasteiger partial charge in [0.15, 0.2) is 0 Å². The molecule has 0 aliphatic carbocycles. The highest BCUT2D eigenvalue weighted by molar-refractivity contribution is 6.31. The summed E-state index contributed by atoms with van der Waals surface area (Å²) in [4.78, 5) is 0. The summed E-state index contributed by atoms with van der Waals surface area (Å²) in [6, 6.07) is 172. The van der Waals surface area contributed by atoms with Crippen molar-refractivity contribution in [1.29, 1.82) is 0 Å². The molecule has 0 radical (unpaired) electrons. The van der Waals surface area contributed by atoms with Crippen molar-refractivity contribution >= 4 is 174 Å². The zero-order valence-electron chi connectivity index (χ0n) is 71.7. The molecular formula is C128H78N2O2. The van der Waals surface area contributed by atoms with Gasteiger partial charge in [-0.05, 0) is 232 Å². The fraction of sp³-hybridized carbons (Fsp3) is 0. The second kappa shape index (κ2) is 30.1. The van der Waals surface area contributed by atoms with E-state index in [0.29, 0.717) is 0 Å². The molecule has 28 rings (SSSR count). The average molecular weight is 1680 g/mol. The number of para-hydroxylation sites is 6. The highest BCUT2D eigenvalue weighted by Crippen LogP contribution is 2.54. The molecule has 612 valence electrons. The summed E-state index contributed by atoms with van der Waals surface area (Å²) < 4.78 is 19.1. The van der Waals surface area contributed by atoms with Crippen LogP contribution in [-0.2, 0) is 0 Å². The van der Waals surface area contributed by atoms with Gasteiger partial charge < -0.3 is 18.0 Å². The van der Waals surface area contributed by atoms with E-state index in [0.717, 1.165) is 77.5 Å². The second-order valence-corrected chi connectivity index (χ2v) is 34.9. The number of hydrogen-bond donors (Lipinski definition) is 0. The van der Waals surface area contributed by atoms with Crippen LogP contribution in [0.4, 0.5) is 0 Å². The molecule has 0 unspecified atom stereocenters. The van der Waals surface area contributed by atoms with E-state index in [1.54, 1.807) is 0 Å². The van der Waals surface area contributed by atoms with E-state index in [1.807, 2.05) is 0 Å². The Morgan fingerprint density at radius 1 is 0.136 bits per heavy atom. The maximum absolute atomic E-state index is 7.16. The lowest BCUT2D eigenvalue weighted by Gasteiger charge is -2.18. The van der Waals surface area contributed by atoms with Crippen LogP contribution in [0.1, 0.15) is 0 Å². The molecular weight excluding hydrogens is 1600 g/mol. The minimum Gasteiger partial charge on any atom is -0.455 e. The first kappa shape index (κ1) is 74.8. The third-order valence-electron chi connectivity index (χ3n) is 27.9. The first-order valence-corrected chi connectivity index (χ1v) is 45.5. The van der Waals surface area contributed by atoms with Gasteiger partial charge >= 0.3 is 0 Å². The van der Waals surface area contributed by atoms with Gasteiger partial charge in [0.1, 0.15) is 22.3 Å². The van der Waals surface area contributed by atoms with Crippen LogP contribution >= 0.6 is 0 Å². The molecule has 4 heteroatoms. The predicted molar refractivity (Wildman–Crippen MR) is 560 cm³/mol. The quantitative estimate of drug-likeness (QED) is 0.128. The molecule has 0 aliphatic heterocycles. The number of benzene rings is 24. The molecule has 0 N–H and O–H groups in total. The molecule has 4 aromatic heterocycles. The first-order chi connectivity index (χ1) is 65.6. The zero-order chi connectivity index (χ0) is 86.6. The SMILES string of the molecule is c1ccc(-c2c3ccccc3c(-c3cccc4c3oc3cc(-c5c6ccccc6c(-c6ccc7c(c6)c6ccccc6n7-c6ccccc6)c6ccccc56)ccc34)c3ccccc23)cc1.c1ccc(-c2c3ccccc3c(-c3cccc4c3oc3cc(-c5c6ccccc6c(-c6cccc7c6c6ccccc6n7-c6ccccc6)c6ccccc56)ccc34)c3ccccc23)cc1. The van der Waals surface area contributed by atoms with E-state index in [-0.39, 0.29) is 0 Å². The monoisotopic (exact) mass is 1670 g/mol. The van der Waals surface area contributed by atoms with Gasteiger partial charge in [-0.25, -0.2) is 0 Å². The molecule has 0 amide bonds. The molecule has 4 nitrogen and oxygen atoms in total. The molecule has 0 spiro atoms. The van der Waals surface area contributed by atoms with Gasteiger partial charge in [-0.3, -0.25) is 0 Å². The maximum Gasteiger partial charge on any atom is 0.143 e. The zero-order valence-corrected chi connectivity index (χ0v) is 71.7. The van der Waals surface area contributed by atoms with Gasteiger partial charge in [-0.2, -0.15) is 0 Å². The molecule has 28 aromatic rings. The van der Waals surface area contributed by atoms with Crippen LogP contribution in [0.2, 0.25) is 0 Å². The van der Waals surface area contributed by atoms with Crippen molar-refractivity contribution < 1.29 is 8.83 Å². The highest BCUT2D eigenvalue weighted by Gasteiger charge is 2.28. The van der Waals surface area contributed by atoms with E-state index >= 15 is 0 Å². The van der Waals surface area contributed by atoms with Crippen LogP contribution in [0.3, 0.4) is 0 Å². The summed E-state index contributed by atoms with van der Waals surface area (Å²) in [7, 11) is 0. The second-order valence-electron chi connectivity index (χ2n) is 34.9. The molecule has 24 aromatic carbocycles. The molecule has 0 saturated carbocycles. The minimum absolute atomic E-state index is 0.875. The Bertz CT molecular complexity index is 9420. The molecule has 0 atom stereocenters. The lowest BCUT2D eigenvalue weighted by Crippen LogP contribution is -1.93. The predicted octanol–water partition coefficient (Wildman–Crippen LogP) is 35.9. The Morgan fingerprint density at radius 3 is 0.765 bits per heavy atom. The van der Waals surface area contributed by atoms with E-state index in [4.69, 9.17) is 8.83 Å². The fourth-order valence-corrected chi connectivity index (χ4v) is 22.5. The number of rotatable bonds is 10. The topological polar surface area (TPSA) is 36.1 Å². The molecule has 0 fully saturated rings. The smallest absolute Gasteiger partial charge is 0.143 e. The normalized spacial score (nSPS) is 11.9. The van der Waals surface area contributed by atoms with Gasteiger partial charge in [0, 0.05) is 76.7 Å². The number of fused-ring (bicyclic) bond motifs is 20. The Balaban J connectivity index is 0.000000135. The molecule has 0 saturated heterocycles. The summed E-state index contributed by atoms with van der Waals surface area (Å²) >= 11 is 0. The number of furan rings is 2. The summed E-state index contributed by atoms with van der Waals surface area (Å²) in [5.41, 5.74) is 29.8. The number of nitrogens with zero attached hydrogens (tertiary/aromatic N) is 2. The van der Waals surface area contributed by atoms with Crippen LogP contribution in [0.5, 0.6) is 0 Å². The Kier molecular flexibility index (Phi) is 17.1. The Morgan fingerprint density at radius 2 is 0.386 bits per heavy atom. The largest absolute Gasteiger partial charge is 0.455 e. The van der Waals surface area contributed by atoms with Crippen LogP contribution in [0.15, 0.2) is 482 Å². The van der Waals surface area contributed by atoms with Crippen molar-refractivity contribution in [2.45, 2.75) is 0 Å². The summed E-state index contributed by atoms with van der Waals surface area (Å²) in [6.45, 7) is 0. The fourth-order valence-electron chi connectivity index (χ4n) is 22.5. The number of aromatic nitrogens is 2. The third-order valence-corrected chi connectivity index (χ3v) is 27.9. The number of hydrogen-bond acceptors (Lipinski definition) is 2. The van der Waals surface area contributed by atoms with Crippen LogP contribution in [0, 0.1) is 0 Å². The van der Waals surface area contributed by atoms with Crippen LogP contribution in [0.25, 0.3) is 274 Å².